The Morgan fingerprint density at radius 2 is 1.60 bits per heavy atom. The summed E-state index contributed by atoms with van der Waals surface area (Å²) in [5, 5.41) is 14.5. The Balaban J connectivity index is 1.53. The van der Waals surface area contributed by atoms with E-state index in [-0.39, 0.29) is 5.91 Å². The number of aromatic nitrogens is 3. The topological polar surface area (TPSA) is 59.8 Å². The van der Waals surface area contributed by atoms with E-state index in [9.17, 15) is 4.79 Å². The lowest BCUT2D eigenvalue weighted by atomic mass is 10.1. The van der Waals surface area contributed by atoms with Gasteiger partial charge in [0.15, 0.2) is 0 Å². The predicted octanol–water partition coefficient (Wildman–Crippen LogP) is 5.90. The minimum atomic E-state index is -0.161. The van der Waals surface area contributed by atoms with Crippen LogP contribution in [0.5, 0.6) is 0 Å². The average molecular weight is 457 g/mol. The third-order valence-corrected chi connectivity index (χ3v) is 5.59. The first kappa shape index (κ1) is 18.5. The van der Waals surface area contributed by atoms with E-state index in [0.29, 0.717) is 5.56 Å². The molecular formula is C24H17BrN4O. The van der Waals surface area contributed by atoms with Gasteiger partial charge in [-0.15, -0.1) is 15.0 Å². The first-order valence-electron chi connectivity index (χ1n) is 9.51. The number of nitrogens with zero attached hydrogens (tertiary/aromatic N) is 3. The van der Waals surface area contributed by atoms with Crippen LogP contribution in [-0.4, -0.2) is 20.9 Å². The van der Waals surface area contributed by atoms with Gasteiger partial charge in [-0.25, -0.2) is 0 Å². The van der Waals surface area contributed by atoms with Gasteiger partial charge >= 0.3 is 0 Å². The zero-order valence-corrected chi connectivity index (χ0v) is 17.7. The molecular weight excluding hydrogens is 440 g/mol. The molecule has 30 heavy (non-hydrogen) atoms. The van der Waals surface area contributed by atoms with Crippen molar-refractivity contribution in [1.82, 2.24) is 15.0 Å². The summed E-state index contributed by atoms with van der Waals surface area (Å²) in [6.07, 6.45) is 0. The lowest BCUT2D eigenvalue weighted by Gasteiger charge is -2.08. The monoisotopic (exact) mass is 456 g/mol. The van der Waals surface area contributed by atoms with E-state index < -0.39 is 0 Å². The Hall–Kier alpha value is -3.51. The Labute approximate surface area is 181 Å². The third kappa shape index (κ3) is 3.35. The maximum Gasteiger partial charge on any atom is 0.255 e. The van der Waals surface area contributed by atoms with Crippen molar-refractivity contribution in [1.29, 1.82) is 0 Å². The molecule has 0 unspecified atom stereocenters. The lowest BCUT2D eigenvalue weighted by Crippen LogP contribution is -2.12. The molecule has 1 heterocycles. The SMILES string of the molecule is Cc1cc2nn(-c3cccc4ccccc34)nc2cc1NC(=O)c1ccc(Br)cc1. The van der Waals surface area contributed by atoms with Gasteiger partial charge in [0.05, 0.1) is 5.69 Å². The number of aryl methyl sites for hydroxylation is 1. The zero-order valence-electron chi connectivity index (χ0n) is 16.1. The standard InChI is InChI=1S/C24H17BrN4O/c1-15-13-21-22(14-20(15)26-24(30)17-9-11-18(25)12-10-17)28-29(27-21)23-8-4-6-16-5-2-3-7-19(16)23/h2-14H,1H3,(H,26,30). The highest BCUT2D eigenvalue weighted by Gasteiger charge is 2.13. The minimum Gasteiger partial charge on any atom is -0.322 e. The van der Waals surface area contributed by atoms with Crippen molar-refractivity contribution in [3.05, 3.63) is 94.5 Å². The van der Waals surface area contributed by atoms with Gasteiger partial charge < -0.3 is 5.32 Å². The fraction of sp³-hybridized carbons (Fsp3) is 0.0417. The van der Waals surface area contributed by atoms with Crippen molar-refractivity contribution in [3.8, 4) is 5.69 Å². The quantitative estimate of drug-likeness (QED) is 0.367. The number of hydrogen-bond acceptors (Lipinski definition) is 3. The number of rotatable bonds is 3. The van der Waals surface area contributed by atoms with Gasteiger partial charge in [0.2, 0.25) is 0 Å². The molecule has 4 aromatic carbocycles. The fourth-order valence-corrected chi connectivity index (χ4v) is 3.75. The summed E-state index contributed by atoms with van der Waals surface area (Å²) in [6.45, 7) is 1.95. The van der Waals surface area contributed by atoms with E-state index in [1.807, 2.05) is 55.5 Å². The van der Waals surface area contributed by atoms with E-state index in [1.165, 1.54) is 0 Å². The van der Waals surface area contributed by atoms with Crippen LogP contribution in [0.2, 0.25) is 0 Å². The van der Waals surface area contributed by atoms with Gasteiger partial charge in [-0.05, 0) is 60.3 Å². The first-order valence-corrected chi connectivity index (χ1v) is 10.3. The second-order valence-corrected chi connectivity index (χ2v) is 8.02. The molecule has 0 fully saturated rings. The highest BCUT2D eigenvalue weighted by molar-refractivity contribution is 9.10. The molecule has 0 aliphatic heterocycles. The second-order valence-electron chi connectivity index (χ2n) is 7.10. The Bertz CT molecular complexity index is 1400. The van der Waals surface area contributed by atoms with Gasteiger partial charge in [-0.3, -0.25) is 4.79 Å². The highest BCUT2D eigenvalue weighted by atomic mass is 79.9. The average Bonchev–Trinajstić information content (AvgIpc) is 3.16. The van der Waals surface area contributed by atoms with E-state index in [4.69, 9.17) is 0 Å². The van der Waals surface area contributed by atoms with E-state index >= 15 is 0 Å². The molecule has 0 radical (unpaired) electrons. The Morgan fingerprint density at radius 1 is 0.900 bits per heavy atom. The molecule has 0 aliphatic carbocycles. The van der Waals surface area contributed by atoms with Crippen molar-refractivity contribution in [2.45, 2.75) is 6.92 Å². The number of nitrogens with one attached hydrogen (secondary N) is 1. The number of carbonyl (C=O) groups is 1. The maximum absolute atomic E-state index is 12.6. The van der Waals surface area contributed by atoms with Gasteiger partial charge in [-0.1, -0.05) is 52.3 Å². The number of halogens is 1. The molecule has 0 aliphatic rings. The molecule has 1 aromatic heterocycles. The lowest BCUT2D eigenvalue weighted by molar-refractivity contribution is 0.102. The van der Waals surface area contributed by atoms with E-state index in [0.717, 1.165) is 43.2 Å². The zero-order chi connectivity index (χ0) is 20.7. The van der Waals surface area contributed by atoms with Crippen LogP contribution in [0.1, 0.15) is 15.9 Å². The molecule has 1 N–H and O–H groups in total. The van der Waals surface area contributed by atoms with E-state index in [2.05, 4.69) is 49.6 Å². The summed E-state index contributed by atoms with van der Waals surface area (Å²) in [7, 11) is 0. The van der Waals surface area contributed by atoms with Gasteiger partial charge in [0.1, 0.15) is 11.0 Å². The van der Waals surface area contributed by atoms with Crippen LogP contribution in [0.4, 0.5) is 5.69 Å². The number of hydrogen-bond donors (Lipinski definition) is 1. The molecule has 0 atom stereocenters. The summed E-state index contributed by atoms with van der Waals surface area (Å²) < 4.78 is 0.932. The van der Waals surface area contributed by atoms with Crippen LogP contribution >= 0.6 is 15.9 Å². The Kier molecular flexibility index (Phi) is 4.56. The molecule has 146 valence electrons. The van der Waals surface area contributed by atoms with Gasteiger partial charge in [-0.2, -0.15) is 0 Å². The molecule has 5 nitrogen and oxygen atoms in total. The molecule has 1 amide bonds. The van der Waals surface area contributed by atoms with Crippen LogP contribution in [-0.2, 0) is 0 Å². The summed E-state index contributed by atoms with van der Waals surface area (Å²) >= 11 is 3.39. The summed E-state index contributed by atoms with van der Waals surface area (Å²) in [5.74, 6) is -0.161. The smallest absolute Gasteiger partial charge is 0.255 e. The van der Waals surface area contributed by atoms with Crippen LogP contribution in [0, 0.1) is 6.92 Å². The maximum atomic E-state index is 12.6. The van der Waals surface area contributed by atoms with Crippen molar-refractivity contribution in [2.75, 3.05) is 5.32 Å². The number of fused-ring (bicyclic) bond motifs is 2. The van der Waals surface area contributed by atoms with Crippen LogP contribution in [0.25, 0.3) is 27.5 Å². The fourth-order valence-electron chi connectivity index (χ4n) is 3.49. The summed E-state index contributed by atoms with van der Waals surface area (Å²) in [6, 6.07) is 25.3. The van der Waals surface area contributed by atoms with Crippen molar-refractivity contribution < 1.29 is 4.79 Å². The first-order chi connectivity index (χ1) is 14.6. The predicted molar refractivity (Wildman–Crippen MR) is 123 cm³/mol. The second kappa shape index (κ2) is 7.39. The van der Waals surface area contributed by atoms with E-state index in [1.54, 1.807) is 16.9 Å². The molecule has 0 saturated heterocycles. The van der Waals surface area contributed by atoms with Crippen molar-refractivity contribution in [3.63, 3.8) is 0 Å². The highest BCUT2D eigenvalue weighted by Crippen LogP contribution is 2.25. The molecule has 5 aromatic rings. The molecule has 0 spiro atoms. The van der Waals surface area contributed by atoms with Crippen molar-refractivity contribution in [2.24, 2.45) is 0 Å². The molecule has 6 heteroatoms. The van der Waals surface area contributed by atoms with Crippen LogP contribution in [0.15, 0.2) is 83.3 Å². The Morgan fingerprint density at radius 3 is 2.40 bits per heavy atom. The van der Waals surface area contributed by atoms with Crippen LogP contribution in [0.3, 0.4) is 0 Å². The molecule has 5 rings (SSSR count). The number of benzene rings is 4. The minimum absolute atomic E-state index is 0.161. The summed E-state index contributed by atoms with van der Waals surface area (Å²) in [4.78, 5) is 14.3. The van der Waals surface area contributed by atoms with Crippen LogP contribution < -0.4 is 5.32 Å². The molecule has 0 saturated carbocycles. The van der Waals surface area contributed by atoms with Gasteiger partial charge in [0.25, 0.3) is 5.91 Å². The number of amides is 1. The third-order valence-electron chi connectivity index (χ3n) is 5.06. The van der Waals surface area contributed by atoms with Gasteiger partial charge in [0, 0.05) is 21.1 Å². The summed E-state index contributed by atoms with van der Waals surface area (Å²) in [5.41, 5.74) is 4.67. The number of carbonyl (C=O) groups excluding carboxylic acids is 1. The number of anilines is 1. The largest absolute Gasteiger partial charge is 0.322 e. The molecule has 0 bridgehead atoms. The normalized spacial score (nSPS) is 11.1. The van der Waals surface area contributed by atoms with Crippen molar-refractivity contribution >= 4 is 49.3 Å².